The molecule has 0 bridgehead atoms. The molecule has 0 rings (SSSR count). The van der Waals surface area contributed by atoms with Crippen molar-refractivity contribution in [2.75, 3.05) is 42.3 Å². The van der Waals surface area contributed by atoms with E-state index in [1.807, 2.05) is 56.3 Å². The summed E-state index contributed by atoms with van der Waals surface area (Å²) in [6.07, 6.45) is 0. The monoisotopic (exact) mass is 364 g/mol. The summed E-state index contributed by atoms with van der Waals surface area (Å²) in [7, 11) is 9.11. The van der Waals surface area contributed by atoms with Crippen LogP contribution in [-0.2, 0) is 27.3 Å². The minimum atomic E-state index is -2.19. The summed E-state index contributed by atoms with van der Waals surface area (Å²) >= 11 is 0. The van der Waals surface area contributed by atoms with Gasteiger partial charge < -0.3 is 24.8 Å². The van der Waals surface area contributed by atoms with E-state index in [1.165, 1.54) is 0 Å². The van der Waals surface area contributed by atoms with E-state index in [2.05, 4.69) is 0 Å². The third-order valence-corrected chi connectivity index (χ3v) is 4.83. The topological polar surface area (TPSA) is 30.0 Å². The first-order valence-electron chi connectivity index (χ1n) is 3.48. The summed E-state index contributed by atoms with van der Waals surface area (Å²) in [6, 6.07) is 0. The molecule has 0 spiro atoms. The number of hydrogen-bond donors (Lipinski definition) is 1. The molecule has 0 heterocycles. The molecule has 0 saturated carbocycles. The first-order valence-corrected chi connectivity index (χ1v) is 5.08. The normalized spacial score (nSPS) is 10.7. The Labute approximate surface area is 121 Å². The van der Waals surface area contributed by atoms with Crippen molar-refractivity contribution in [3.05, 3.63) is 0 Å². The fraction of sp³-hybridized carbons (Fsp3) is 1.00. The summed E-state index contributed by atoms with van der Waals surface area (Å²) in [5, 5.41) is 0. The van der Waals surface area contributed by atoms with Crippen LogP contribution in [0.3, 0.4) is 0 Å². The zero-order chi connectivity index (χ0) is 9.23. The molecule has 0 amide bonds. The van der Waals surface area contributed by atoms with Gasteiger partial charge in [0, 0.05) is 42.3 Å². The predicted molar refractivity (Wildman–Crippen MR) is 50.2 cm³/mol. The fourth-order valence-corrected chi connectivity index (χ4v) is 3.22. The molecule has 0 aromatic carbocycles. The summed E-state index contributed by atoms with van der Waals surface area (Å²) in [6.45, 7) is 0. The second-order valence-electron chi connectivity index (χ2n) is 3.08. The smallest absolute Gasteiger partial charge is 1.00 e. The van der Waals surface area contributed by atoms with Crippen LogP contribution in [0.4, 0.5) is 0 Å². The summed E-state index contributed by atoms with van der Waals surface area (Å²) < 4.78 is 5.56. The van der Waals surface area contributed by atoms with Crippen molar-refractivity contribution in [3.8, 4) is 0 Å². The Morgan fingerprint density at radius 1 is 0.714 bits per heavy atom. The standard InChI is InChI=1S/C6H19N3OP.Cd.2ClH/c1-7(2)11(10,8(3)4)9(5)6;;;/h10H,1-6H3;;2*1H/q+1;+2;;/p-2. The van der Waals surface area contributed by atoms with Gasteiger partial charge in [-0.15, -0.1) is 14.0 Å². The molecular weight excluding hydrogens is 344 g/mol. The Hall–Kier alpha value is 1.77. The second-order valence-corrected chi connectivity index (χ2v) is 6.55. The third-order valence-electron chi connectivity index (χ3n) is 1.61. The molecule has 0 radical (unpaired) electrons. The van der Waals surface area contributed by atoms with Crippen LogP contribution in [0.15, 0.2) is 0 Å². The molecule has 0 aliphatic carbocycles. The maximum Gasteiger partial charge on any atom is 2.00 e. The van der Waals surface area contributed by atoms with Crippen LogP contribution >= 0.6 is 7.94 Å². The van der Waals surface area contributed by atoms with Gasteiger partial charge in [-0.25, -0.2) is 0 Å². The zero-order valence-corrected chi connectivity index (χ0v) is 16.1. The first-order chi connectivity index (χ1) is 4.83. The SMILES string of the molecule is CN(C)[P+](O)(N(C)C)N(C)C.[Cd+2].[Cl-].[Cl-]. The van der Waals surface area contributed by atoms with E-state index in [0.717, 1.165) is 0 Å². The maximum absolute atomic E-state index is 10.1. The number of rotatable bonds is 3. The van der Waals surface area contributed by atoms with Crippen LogP contribution < -0.4 is 24.8 Å². The molecule has 4 nitrogen and oxygen atoms in total. The van der Waals surface area contributed by atoms with Crippen LogP contribution in [0.1, 0.15) is 0 Å². The molecular formula is C6H19CdCl2N3OP+. The molecule has 0 atom stereocenters. The Kier molecular flexibility index (Phi) is 17.7. The minimum Gasteiger partial charge on any atom is -1.00 e. The second kappa shape index (κ2) is 9.96. The van der Waals surface area contributed by atoms with Crippen LogP contribution in [0.25, 0.3) is 0 Å². The van der Waals surface area contributed by atoms with Gasteiger partial charge in [-0.05, 0) is 0 Å². The van der Waals surface area contributed by atoms with E-state index >= 15 is 0 Å². The number of halogens is 2. The van der Waals surface area contributed by atoms with Gasteiger partial charge in [0.05, 0.1) is 0 Å². The van der Waals surface area contributed by atoms with Crippen LogP contribution in [0.5, 0.6) is 0 Å². The molecule has 0 aromatic rings. The minimum absolute atomic E-state index is 0. The molecule has 14 heavy (non-hydrogen) atoms. The molecule has 0 saturated heterocycles. The molecule has 0 aliphatic rings. The third kappa shape index (κ3) is 5.75. The van der Waals surface area contributed by atoms with Crippen molar-refractivity contribution < 1.29 is 57.0 Å². The van der Waals surface area contributed by atoms with Gasteiger partial charge in [-0.2, -0.15) is 4.89 Å². The van der Waals surface area contributed by atoms with Gasteiger partial charge in [0.15, 0.2) is 0 Å². The van der Waals surface area contributed by atoms with Crippen molar-refractivity contribution in [1.29, 1.82) is 0 Å². The molecule has 0 aromatic heterocycles. The van der Waals surface area contributed by atoms with Crippen molar-refractivity contribution in [2.45, 2.75) is 0 Å². The Bertz CT molecular complexity index is 118. The largest absolute Gasteiger partial charge is 2.00 e. The van der Waals surface area contributed by atoms with Crippen LogP contribution in [0.2, 0.25) is 0 Å². The van der Waals surface area contributed by atoms with E-state index in [1.54, 1.807) is 0 Å². The first kappa shape index (κ1) is 24.8. The fourth-order valence-electron chi connectivity index (χ4n) is 1.07. The van der Waals surface area contributed by atoms with Crippen LogP contribution in [0, 0.1) is 0 Å². The Morgan fingerprint density at radius 3 is 0.857 bits per heavy atom. The summed E-state index contributed by atoms with van der Waals surface area (Å²) in [5.74, 6) is 0. The quantitative estimate of drug-likeness (QED) is 0.400. The van der Waals surface area contributed by atoms with Crippen molar-refractivity contribution >= 4 is 7.94 Å². The van der Waals surface area contributed by atoms with Gasteiger partial charge >= 0.3 is 35.2 Å². The maximum atomic E-state index is 10.1. The number of nitrogens with zero attached hydrogens (tertiary/aromatic N) is 3. The molecule has 0 fully saturated rings. The van der Waals surface area contributed by atoms with Gasteiger partial charge in [-0.1, -0.05) is 0 Å². The van der Waals surface area contributed by atoms with E-state index in [9.17, 15) is 4.89 Å². The Balaban J connectivity index is -0.000000167. The van der Waals surface area contributed by atoms with E-state index in [-0.39, 0.29) is 52.1 Å². The van der Waals surface area contributed by atoms with E-state index in [4.69, 9.17) is 0 Å². The van der Waals surface area contributed by atoms with Crippen molar-refractivity contribution in [1.82, 2.24) is 14.0 Å². The van der Waals surface area contributed by atoms with Crippen LogP contribution in [-0.4, -0.2) is 61.2 Å². The predicted octanol–water partition coefficient (Wildman–Crippen LogP) is -5.65. The Morgan fingerprint density at radius 2 is 0.857 bits per heavy atom. The molecule has 0 aliphatic heterocycles. The van der Waals surface area contributed by atoms with E-state index in [0.29, 0.717) is 0 Å². The zero-order valence-electron chi connectivity index (χ0n) is 9.70. The molecule has 84 valence electrons. The summed E-state index contributed by atoms with van der Waals surface area (Å²) in [5.41, 5.74) is 0. The van der Waals surface area contributed by atoms with E-state index < -0.39 is 7.94 Å². The molecule has 1 N–H and O–H groups in total. The van der Waals surface area contributed by atoms with Gasteiger partial charge in [0.1, 0.15) is 0 Å². The van der Waals surface area contributed by atoms with Gasteiger partial charge in [-0.3, -0.25) is 0 Å². The van der Waals surface area contributed by atoms with Crippen molar-refractivity contribution in [2.24, 2.45) is 0 Å². The van der Waals surface area contributed by atoms with Gasteiger partial charge in [0.25, 0.3) is 0 Å². The van der Waals surface area contributed by atoms with Crippen molar-refractivity contribution in [3.63, 3.8) is 0 Å². The average Bonchev–Trinajstić information content (AvgIpc) is 1.84. The average molecular weight is 364 g/mol. The number of hydrogen-bond acceptors (Lipinski definition) is 4. The summed E-state index contributed by atoms with van der Waals surface area (Å²) in [4.78, 5) is 10.1. The van der Waals surface area contributed by atoms with Gasteiger partial charge in [0.2, 0.25) is 0 Å². The molecule has 8 heteroatoms. The molecule has 0 unspecified atom stereocenters.